The number of nitrogens with zero attached hydrogens (tertiary/aromatic N) is 1. The summed E-state index contributed by atoms with van der Waals surface area (Å²) < 4.78 is 0. The first-order valence-corrected chi connectivity index (χ1v) is 8.42. The van der Waals surface area contributed by atoms with E-state index in [4.69, 9.17) is 5.73 Å². The Labute approximate surface area is 152 Å². The summed E-state index contributed by atoms with van der Waals surface area (Å²) in [7, 11) is 0. The number of hydrogen-bond acceptors (Lipinski definition) is 3. The van der Waals surface area contributed by atoms with Crippen LogP contribution in [0.5, 0.6) is 0 Å². The summed E-state index contributed by atoms with van der Waals surface area (Å²) in [5.74, 6) is -1.00. The van der Waals surface area contributed by atoms with Gasteiger partial charge in [0.25, 0.3) is 5.91 Å². The number of carbonyl (C=O) groups is 3. The van der Waals surface area contributed by atoms with Crippen LogP contribution in [-0.4, -0.2) is 28.7 Å². The maximum absolute atomic E-state index is 13.2. The Hall–Kier alpha value is -3.15. The zero-order valence-corrected chi connectivity index (χ0v) is 14.8. The molecule has 1 aliphatic heterocycles. The Morgan fingerprint density at radius 1 is 1.08 bits per heavy atom. The third kappa shape index (κ3) is 3.31. The summed E-state index contributed by atoms with van der Waals surface area (Å²) in [5, 5.41) is 2.72. The predicted octanol–water partition coefficient (Wildman–Crippen LogP) is 2.01. The number of benzene rings is 2. The maximum Gasteiger partial charge on any atom is 0.255 e. The Bertz CT molecular complexity index is 892. The lowest BCUT2D eigenvalue weighted by Crippen LogP contribution is -2.51. The molecule has 0 aliphatic carbocycles. The highest BCUT2D eigenvalue weighted by molar-refractivity contribution is 6.01. The van der Waals surface area contributed by atoms with Gasteiger partial charge in [0.05, 0.1) is 0 Å². The summed E-state index contributed by atoms with van der Waals surface area (Å²) in [6, 6.07) is 12.2. The van der Waals surface area contributed by atoms with E-state index in [1.54, 1.807) is 25.1 Å². The van der Waals surface area contributed by atoms with Crippen molar-refractivity contribution in [2.75, 3.05) is 5.32 Å². The first-order valence-electron chi connectivity index (χ1n) is 8.42. The number of nitrogens with one attached hydrogen (secondary N) is 1. The number of amides is 3. The molecule has 6 heteroatoms. The zero-order chi connectivity index (χ0) is 18.8. The highest BCUT2D eigenvalue weighted by Gasteiger charge is 2.34. The summed E-state index contributed by atoms with van der Waals surface area (Å²) in [6.07, 6.45) is 0.404. The van der Waals surface area contributed by atoms with Gasteiger partial charge in [-0.2, -0.15) is 0 Å². The van der Waals surface area contributed by atoms with Crippen molar-refractivity contribution in [1.82, 2.24) is 4.90 Å². The number of primary amides is 1. The van der Waals surface area contributed by atoms with E-state index in [2.05, 4.69) is 5.32 Å². The predicted molar refractivity (Wildman–Crippen MR) is 98.5 cm³/mol. The van der Waals surface area contributed by atoms with Gasteiger partial charge in [0.2, 0.25) is 11.8 Å². The van der Waals surface area contributed by atoms with E-state index in [0.29, 0.717) is 29.8 Å². The Balaban J connectivity index is 1.98. The van der Waals surface area contributed by atoms with Crippen LogP contribution in [-0.2, 0) is 22.6 Å². The number of hydrogen-bond donors (Lipinski definition) is 2. The summed E-state index contributed by atoms with van der Waals surface area (Å²) in [4.78, 5) is 38.0. The lowest BCUT2D eigenvalue weighted by Gasteiger charge is -2.35. The SMILES string of the molecule is CC(=O)Nc1cccc(C(=O)N2Cc3ccccc3C[C@H]2C(N)=O)c1C. The minimum absolute atomic E-state index is 0.209. The Morgan fingerprint density at radius 3 is 2.42 bits per heavy atom. The summed E-state index contributed by atoms with van der Waals surface area (Å²) >= 11 is 0. The van der Waals surface area contributed by atoms with Crippen molar-refractivity contribution >= 4 is 23.4 Å². The topological polar surface area (TPSA) is 92.5 Å². The van der Waals surface area contributed by atoms with Crippen molar-refractivity contribution in [2.45, 2.75) is 32.9 Å². The van der Waals surface area contributed by atoms with Crippen LogP contribution in [0.15, 0.2) is 42.5 Å². The molecule has 0 radical (unpaired) electrons. The number of rotatable bonds is 3. The van der Waals surface area contributed by atoms with Gasteiger partial charge in [-0.1, -0.05) is 30.3 Å². The van der Waals surface area contributed by atoms with Gasteiger partial charge >= 0.3 is 0 Å². The molecule has 26 heavy (non-hydrogen) atoms. The standard InChI is InChI=1S/C20H21N3O3/c1-12-16(8-5-9-17(12)22-13(2)24)20(26)23-11-15-7-4-3-6-14(15)10-18(23)19(21)25/h3-9,18H,10-11H2,1-2H3,(H2,21,25)(H,22,24)/t18-/m0/s1. The molecule has 0 bridgehead atoms. The molecule has 3 amide bonds. The minimum atomic E-state index is -0.693. The van der Waals surface area contributed by atoms with Crippen LogP contribution in [0.3, 0.4) is 0 Å². The molecule has 6 nitrogen and oxygen atoms in total. The van der Waals surface area contributed by atoms with Gasteiger partial charge in [-0.15, -0.1) is 0 Å². The molecule has 0 fully saturated rings. The van der Waals surface area contributed by atoms with Gasteiger partial charge in [-0.05, 0) is 35.7 Å². The molecule has 0 unspecified atom stereocenters. The number of fused-ring (bicyclic) bond motifs is 1. The monoisotopic (exact) mass is 351 g/mol. The average Bonchev–Trinajstić information content (AvgIpc) is 2.61. The highest BCUT2D eigenvalue weighted by Crippen LogP contribution is 2.27. The lowest BCUT2D eigenvalue weighted by molar-refractivity contribution is -0.123. The number of anilines is 1. The van der Waals surface area contributed by atoms with Crippen molar-refractivity contribution in [2.24, 2.45) is 5.73 Å². The fourth-order valence-corrected chi connectivity index (χ4v) is 3.34. The third-order valence-corrected chi connectivity index (χ3v) is 4.71. The molecule has 0 saturated carbocycles. The molecule has 1 heterocycles. The summed E-state index contributed by atoms with van der Waals surface area (Å²) in [6.45, 7) is 3.51. The van der Waals surface area contributed by atoms with Gasteiger partial charge < -0.3 is 16.0 Å². The summed E-state index contributed by atoms with van der Waals surface area (Å²) in [5.41, 5.74) is 9.30. The van der Waals surface area contributed by atoms with E-state index in [9.17, 15) is 14.4 Å². The molecule has 2 aromatic carbocycles. The lowest BCUT2D eigenvalue weighted by atomic mass is 9.92. The van der Waals surface area contributed by atoms with E-state index in [-0.39, 0.29) is 11.8 Å². The molecular weight excluding hydrogens is 330 g/mol. The molecule has 0 saturated heterocycles. The van der Waals surface area contributed by atoms with Crippen LogP contribution in [0.2, 0.25) is 0 Å². The fraction of sp³-hybridized carbons (Fsp3) is 0.250. The van der Waals surface area contributed by atoms with Crippen molar-refractivity contribution in [3.05, 3.63) is 64.7 Å². The van der Waals surface area contributed by atoms with Crippen LogP contribution in [0, 0.1) is 6.92 Å². The highest BCUT2D eigenvalue weighted by atomic mass is 16.2. The normalized spacial score (nSPS) is 15.9. The van der Waals surface area contributed by atoms with Crippen molar-refractivity contribution < 1.29 is 14.4 Å². The molecule has 3 N–H and O–H groups in total. The van der Waals surface area contributed by atoms with E-state index in [1.165, 1.54) is 11.8 Å². The van der Waals surface area contributed by atoms with Crippen molar-refractivity contribution in [3.63, 3.8) is 0 Å². The molecule has 0 spiro atoms. The van der Waals surface area contributed by atoms with Gasteiger partial charge in [0.15, 0.2) is 0 Å². The van der Waals surface area contributed by atoms with Crippen LogP contribution in [0.4, 0.5) is 5.69 Å². The van der Waals surface area contributed by atoms with Gasteiger partial charge in [0.1, 0.15) is 6.04 Å². The largest absolute Gasteiger partial charge is 0.368 e. The van der Waals surface area contributed by atoms with Crippen LogP contribution in [0.25, 0.3) is 0 Å². The van der Waals surface area contributed by atoms with E-state index >= 15 is 0 Å². The Kier molecular flexibility index (Phi) is 4.75. The second-order valence-corrected chi connectivity index (χ2v) is 6.48. The second kappa shape index (κ2) is 7.00. The minimum Gasteiger partial charge on any atom is -0.368 e. The molecule has 3 rings (SSSR count). The average molecular weight is 351 g/mol. The molecule has 134 valence electrons. The fourth-order valence-electron chi connectivity index (χ4n) is 3.34. The molecule has 2 aromatic rings. The maximum atomic E-state index is 13.2. The molecule has 1 atom stereocenters. The van der Waals surface area contributed by atoms with E-state index in [1.807, 2.05) is 24.3 Å². The van der Waals surface area contributed by atoms with Crippen molar-refractivity contribution in [3.8, 4) is 0 Å². The van der Waals surface area contributed by atoms with Gasteiger partial charge in [-0.25, -0.2) is 0 Å². The first kappa shape index (κ1) is 17.7. The third-order valence-electron chi connectivity index (χ3n) is 4.71. The molecular formula is C20H21N3O3. The van der Waals surface area contributed by atoms with E-state index < -0.39 is 11.9 Å². The molecule has 0 aromatic heterocycles. The number of nitrogens with two attached hydrogens (primary N) is 1. The zero-order valence-electron chi connectivity index (χ0n) is 14.8. The Morgan fingerprint density at radius 2 is 1.77 bits per heavy atom. The quantitative estimate of drug-likeness (QED) is 0.886. The number of carbonyl (C=O) groups excluding carboxylic acids is 3. The van der Waals surface area contributed by atoms with E-state index in [0.717, 1.165) is 11.1 Å². The molecule has 1 aliphatic rings. The van der Waals surface area contributed by atoms with Crippen LogP contribution in [0.1, 0.15) is 34.0 Å². The first-order chi connectivity index (χ1) is 12.4. The van der Waals surface area contributed by atoms with Gasteiger partial charge in [-0.3, -0.25) is 14.4 Å². The second-order valence-electron chi connectivity index (χ2n) is 6.48. The van der Waals surface area contributed by atoms with Crippen LogP contribution >= 0.6 is 0 Å². The smallest absolute Gasteiger partial charge is 0.255 e. The van der Waals surface area contributed by atoms with Gasteiger partial charge in [0, 0.05) is 31.1 Å². The van der Waals surface area contributed by atoms with Crippen LogP contribution < -0.4 is 11.1 Å². The van der Waals surface area contributed by atoms with Crippen molar-refractivity contribution in [1.29, 1.82) is 0 Å².